The minimum atomic E-state index is -1.22. The molecule has 1 heterocycles. The minimum Gasteiger partial charge on any atom is -0.493 e. The van der Waals surface area contributed by atoms with Gasteiger partial charge >= 0.3 is 11.9 Å². The number of benzene rings is 1. The second-order valence-electron chi connectivity index (χ2n) is 9.19. The van der Waals surface area contributed by atoms with Gasteiger partial charge in [-0.25, -0.2) is 4.79 Å². The van der Waals surface area contributed by atoms with Crippen LogP contribution in [0, 0.1) is 5.41 Å². The molecule has 1 fully saturated rings. The van der Waals surface area contributed by atoms with E-state index in [1.54, 1.807) is 0 Å². The molecule has 0 aromatic heterocycles. The van der Waals surface area contributed by atoms with Gasteiger partial charge in [-0.15, -0.1) is 0 Å². The molecule has 0 aliphatic carbocycles. The average molecular weight is 436 g/mol. The van der Waals surface area contributed by atoms with Crippen molar-refractivity contribution in [2.24, 2.45) is 5.41 Å². The second-order valence-corrected chi connectivity index (χ2v) is 9.19. The number of hydrogen-bond acceptors (Lipinski definition) is 7. The zero-order chi connectivity index (χ0) is 22.9. The molecule has 0 bridgehead atoms. The quantitative estimate of drug-likeness (QED) is 0.431. The summed E-state index contributed by atoms with van der Waals surface area (Å²) in [4.78, 5) is 24.4. The molecule has 2 N–H and O–H groups in total. The maximum atomic E-state index is 12.9. The van der Waals surface area contributed by atoms with Gasteiger partial charge in [0.1, 0.15) is 11.4 Å². The lowest BCUT2D eigenvalue weighted by molar-refractivity contribution is -0.170. The van der Waals surface area contributed by atoms with E-state index >= 15 is 0 Å². The third-order valence-corrected chi connectivity index (χ3v) is 5.56. The van der Waals surface area contributed by atoms with Gasteiger partial charge < -0.3 is 24.6 Å². The van der Waals surface area contributed by atoms with E-state index in [9.17, 15) is 14.7 Å². The molecule has 7 nitrogen and oxygen atoms in total. The highest BCUT2D eigenvalue weighted by molar-refractivity contribution is 5.77. The topological polar surface area (TPSA) is 94.1 Å². The molecule has 0 spiro atoms. The van der Waals surface area contributed by atoms with Gasteiger partial charge in [0, 0.05) is 6.42 Å². The fourth-order valence-electron chi connectivity index (χ4n) is 3.84. The number of aliphatic hydroxyl groups excluding tert-OH is 1. The fraction of sp³-hybridized carbons (Fsp3) is 0.667. The third kappa shape index (κ3) is 7.82. The van der Waals surface area contributed by atoms with Crippen LogP contribution in [-0.2, 0) is 25.5 Å². The average Bonchev–Trinajstić information content (AvgIpc) is 2.73. The maximum Gasteiger partial charge on any atom is 0.335 e. The van der Waals surface area contributed by atoms with Crippen LogP contribution in [0.15, 0.2) is 24.3 Å². The lowest BCUT2D eigenvalue weighted by Crippen LogP contribution is -2.45. The van der Waals surface area contributed by atoms with Gasteiger partial charge in [0.05, 0.1) is 19.1 Å². The summed E-state index contributed by atoms with van der Waals surface area (Å²) in [5.41, 5.74) is -0.165. The number of carbonyl (C=O) groups is 2. The third-order valence-electron chi connectivity index (χ3n) is 5.56. The van der Waals surface area contributed by atoms with Crippen molar-refractivity contribution < 1.29 is 28.9 Å². The van der Waals surface area contributed by atoms with Gasteiger partial charge in [0.15, 0.2) is 6.10 Å². The monoisotopic (exact) mass is 435 g/mol. The van der Waals surface area contributed by atoms with Crippen molar-refractivity contribution in [3.8, 4) is 5.75 Å². The van der Waals surface area contributed by atoms with Crippen LogP contribution in [-0.4, -0.2) is 55.6 Å². The molecule has 2 rings (SSSR count). The Kier molecular flexibility index (Phi) is 9.32. The van der Waals surface area contributed by atoms with E-state index < -0.39 is 23.1 Å². The molecular weight excluding hydrogens is 398 g/mol. The first-order chi connectivity index (χ1) is 14.7. The maximum absolute atomic E-state index is 12.9. The molecular formula is C24H37NO6. The SMILES string of the molecule is COC(=O)C(O)Cc1ccccc1OCCCCC1(C(=O)OC(C)(C)C)CCNCC1. The highest BCUT2D eigenvalue weighted by Gasteiger charge is 2.41. The van der Waals surface area contributed by atoms with Gasteiger partial charge in [-0.2, -0.15) is 0 Å². The first-order valence-electron chi connectivity index (χ1n) is 11.1. The summed E-state index contributed by atoms with van der Waals surface area (Å²) < 4.78 is 16.2. The summed E-state index contributed by atoms with van der Waals surface area (Å²) in [6.07, 6.45) is 2.92. The van der Waals surface area contributed by atoms with E-state index in [4.69, 9.17) is 9.47 Å². The molecule has 0 saturated carbocycles. The molecule has 1 aromatic carbocycles. The molecule has 0 amide bonds. The van der Waals surface area contributed by atoms with Crippen LogP contribution in [0.2, 0.25) is 0 Å². The van der Waals surface area contributed by atoms with E-state index in [0.29, 0.717) is 12.4 Å². The number of aliphatic hydroxyl groups is 1. The first kappa shape index (κ1) is 25.1. The van der Waals surface area contributed by atoms with E-state index in [-0.39, 0.29) is 12.4 Å². The van der Waals surface area contributed by atoms with Crippen molar-refractivity contribution in [1.82, 2.24) is 5.32 Å². The molecule has 1 aliphatic rings. The second kappa shape index (κ2) is 11.5. The van der Waals surface area contributed by atoms with Crippen molar-refractivity contribution in [3.05, 3.63) is 29.8 Å². The predicted molar refractivity (Wildman–Crippen MR) is 118 cm³/mol. The van der Waals surface area contributed by atoms with Crippen LogP contribution in [0.25, 0.3) is 0 Å². The summed E-state index contributed by atoms with van der Waals surface area (Å²) in [6, 6.07) is 7.35. The normalized spacial score (nSPS) is 16.9. The number of unbranched alkanes of at least 4 members (excludes halogenated alkanes) is 1. The van der Waals surface area contributed by atoms with Crippen LogP contribution in [0.3, 0.4) is 0 Å². The highest BCUT2D eigenvalue weighted by atomic mass is 16.6. The van der Waals surface area contributed by atoms with Gasteiger partial charge in [-0.1, -0.05) is 18.2 Å². The lowest BCUT2D eigenvalue weighted by Gasteiger charge is -2.37. The molecule has 0 radical (unpaired) electrons. The number of carbonyl (C=O) groups excluding carboxylic acids is 2. The minimum absolute atomic E-state index is 0.0930. The van der Waals surface area contributed by atoms with Gasteiger partial charge in [-0.3, -0.25) is 4.79 Å². The molecule has 31 heavy (non-hydrogen) atoms. The van der Waals surface area contributed by atoms with Crippen LogP contribution in [0.4, 0.5) is 0 Å². The molecule has 7 heteroatoms. The number of para-hydroxylation sites is 1. The largest absolute Gasteiger partial charge is 0.493 e. The van der Waals surface area contributed by atoms with Gasteiger partial charge in [0.2, 0.25) is 0 Å². The number of piperidine rings is 1. The molecule has 1 unspecified atom stereocenters. The Morgan fingerprint density at radius 3 is 2.48 bits per heavy atom. The smallest absolute Gasteiger partial charge is 0.335 e. The van der Waals surface area contributed by atoms with Crippen molar-refractivity contribution >= 4 is 11.9 Å². The number of ether oxygens (including phenoxy) is 3. The number of methoxy groups -OCH3 is 1. The number of rotatable bonds is 10. The number of esters is 2. The van der Waals surface area contributed by atoms with E-state index in [0.717, 1.165) is 50.8 Å². The number of nitrogens with one attached hydrogen (secondary N) is 1. The van der Waals surface area contributed by atoms with Crippen LogP contribution in [0.1, 0.15) is 58.4 Å². The Balaban J connectivity index is 1.88. The summed E-state index contributed by atoms with van der Waals surface area (Å²) in [7, 11) is 1.25. The molecule has 1 aromatic rings. The van der Waals surface area contributed by atoms with Crippen molar-refractivity contribution in [1.29, 1.82) is 0 Å². The van der Waals surface area contributed by atoms with Gasteiger partial charge in [0.25, 0.3) is 0 Å². The lowest BCUT2D eigenvalue weighted by atomic mass is 9.75. The Morgan fingerprint density at radius 1 is 1.16 bits per heavy atom. The predicted octanol–water partition coefficient (Wildman–Crippen LogP) is 3.02. The molecule has 1 atom stereocenters. The molecule has 174 valence electrons. The Hall–Kier alpha value is -2.12. The number of hydrogen-bond donors (Lipinski definition) is 2. The Morgan fingerprint density at radius 2 is 1.84 bits per heavy atom. The van der Waals surface area contributed by atoms with Crippen molar-refractivity contribution in [3.63, 3.8) is 0 Å². The van der Waals surface area contributed by atoms with Gasteiger partial charge in [-0.05, 0) is 77.6 Å². The first-order valence-corrected chi connectivity index (χ1v) is 11.1. The standard InChI is InChI=1S/C24H37NO6/c1-23(2,3)31-22(28)24(12-14-25-15-13-24)11-7-8-16-30-20-10-6-5-9-18(20)17-19(26)21(27)29-4/h5-6,9-10,19,25-26H,7-8,11-17H2,1-4H3. The molecule has 1 saturated heterocycles. The van der Waals surface area contributed by atoms with Crippen LogP contribution < -0.4 is 10.1 Å². The Bertz CT molecular complexity index is 721. The zero-order valence-corrected chi connectivity index (χ0v) is 19.2. The zero-order valence-electron chi connectivity index (χ0n) is 19.2. The van der Waals surface area contributed by atoms with Crippen LogP contribution in [0.5, 0.6) is 5.75 Å². The fourth-order valence-corrected chi connectivity index (χ4v) is 3.84. The van der Waals surface area contributed by atoms with E-state index in [1.165, 1.54) is 7.11 Å². The van der Waals surface area contributed by atoms with Crippen molar-refractivity contribution in [2.45, 2.75) is 71.0 Å². The van der Waals surface area contributed by atoms with E-state index in [1.807, 2.05) is 45.0 Å². The highest BCUT2D eigenvalue weighted by Crippen LogP contribution is 2.37. The Labute approximate surface area is 185 Å². The van der Waals surface area contributed by atoms with Crippen LogP contribution >= 0.6 is 0 Å². The van der Waals surface area contributed by atoms with Crippen molar-refractivity contribution in [2.75, 3.05) is 26.8 Å². The van der Waals surface area contributed by atoms with E-state index in [2.05, 4.69) is 10.1 Å². The summed E-state index contributed by atoms with van der Waals surface area (Å²) in [5, 5.41) is 13.3. The molecule has 1 aliphatic heterocycles. The summed E-state index contributed by atoms with van der Waals surface area (Å²) in [6.45, 7) is 7.86. The summed E-state index contributed by atoms with van der Waals surface area (Å²) >= 11 is 0. The summed E-state index contributed by atoms with van der Waals surface area (Å²) in [5.74, 6) is -0.108.